The second-order valence-electron chi connectivity index (χ2n) is 1.32. The normalized spacial score (nSPS) is 39.5. The maximum absolute atomic E-state index is 11.5. The van der Waals surface area contributed by atoms with Gasteiger partial charge in [-0.25, -0.2) is 0 Å². The van der Waals surface area contributed by atoms with Crippen LogP contribution < -0.4 is 0 Å². The summed E-state index contributed by atoms with van der Waals surface area (Å²) in [4.78, 5) is 0. The van der Waals surface area contributed by atoms with Crippen molar-refractivity contribution in [3.05, 3.63) is 0 Å². The number of halogens is 2. The van der Waals surface area contributed by atoms with Crippen LogP contribution in [0.3, 0.4) is 0 Å². The van der Waals surface area contributed by atoms with Crippen LogP contribution in [0, 0.1) is 0 Å². The van der Waals surface area contributed by atoms with E-state index >= 15 is 0 Å². The van der Waals surface area contributed by atoms with E-state index in [1.165, 1.54) is 6.92 Å². The largest absolute Gasteiger partial charge is 0.305 e. The van der Waals surface area contributed by atoms with E-state index in [9.17, 15) is 8.78 Å². The van der Waals surface area contributed by atoms with Crippen LogP contribution in [0.5, 0.6) is 0 Å². The average molecular weight is 110 g/mol. The Balaban J connectivity index is 2.41. The molecule has 1 fully saturated rings. The molecule has 0 saturated carbocycles. The van der Waals surface area contributed by atoms with Crippen molar-refractivity contribution in [1.82, 2.24) is 0 Å². The molecule has 1 aliphatic rings. The van der Waals surface area contributed by atoms with Gasteiger partial charge in [-0.1, -0.05) is 11.8 Å². The predicted octanol–water partition coefficient (Wildman–Crippen LogP) is 1.71. The fourth-order valence-corrected chi connectivity index (χ4v) is 0.605. The molecule has 6 heavy (non-hydrogen) atoms. The van der Waals surface area contributed by atoms with Gasteiger partial charge in [0, 0.05) is 0 Å². The van der Waals surface area contributed by atoms with Crippen molar-refractivity contribution in [2.45, 2.75) is 17.4 Å². The summed E-state index contributed by atoms with van der Waals surface area (Å²) in [5.41, 5.74) is 0. The Hall–Kier alpha value is 0.210. The summed E-state index contributed by atoms with van der Waals surface area (Å²) < 4.78 is 23.0. The molecular formula is C3H4F2S. The zero-order chi connectivity index (χ0) is 4.78. The van der Waals surface area contributed by atoms with Crippen LogP contribution in [-0.4, -0.2) is 10.5 Å². The van der Waals surface area contributed by atoms with Crippen LogP contribution in [0.2, 0.25) is 0 Å². The van der Waals surface area contributed by atoms with Crippen molar-refractivity contribution in [3.8, 4) is 0 Å². The monoisotopic (exact) mass is 110 g/mol. The van der Waals surface area contributed by atoms with E-state index in [0.29, 0.717) is 11.8 Å². The van der Waals surface area contributed by atoms with Crippen LogP contribution in [0.4, 0.5) is 8.78 Å². The van der Waals surface area contributed by atoms with Gasteiger partial charge in [0.2, 0.25) is 0 Å². The summed E-state index contributed by atoms with van der Waals surface area (Å²) >= 11 is 0.715. The Morgan fingerprint density at radius 1 is 1.67 bits per heavy atom. The first-order valence-corrected chi connectivity index (χ1v) is 2.56. The van der Waals surface area contributed by atoms with Crippen LogP contribution in [0.1, 0.15) is 6.92 Å². The maximum Gasteiger partial charge on any atom is 0.305 e. The highest BCUT2D eigenvalue weighted by molar-refractivity contribution is 8.08. The zero-order valence-corrected chi connectivity index (χ0v) is 4.06. The second-order valence-corrected chi connectivity index (χ2v) is 2.81. The Bertz CT molecular complexity index is 71.2. The summed E-state index contributed by atoms with van der Waals surface area (Å²) in [5, 5.41) is -2.79. The molecule has 36 valence electrons. The van der Waals surface area contributed by atoms with Crippen LogP contribution in [0.25, 0.3) is 0 Å². The fourth-order valence-electron chi connectivity index (χ4n) is 0.202. The molecule has 1 aliphatic heterocycles. The van der Waals surface area contributed by atoms with Crippen molar-refractivity contribution in [1.29, 1.82) is 0 Å². The molecule has 0 aliphatic carbocycles. The summed E-state index contributed by atoms with van der Waals surface area (Å²) in [7, 11) is 0. The predicted molar refractivity (Wildman–Crippen MR) is 22.0 cm³/mol. The Morgan fingerprint density at radius 3 is 1.83 bits per heavy atom. The van der Waals surface area contributed by atoms with Crippen molar-refractivity contribution < 1.29 is 8.78 Å². The van der Waals surface area contributed by atoms with E-state index in [0.717, 1.165) is 0 Å². The third-order valence-corrected chi connectivity index (χ3v) is 1.81. The van der Waals surface area contributed by atoms with Gasteiger partial charge >= 0.3 is 5.25 Å². The molecule has 3 heteroatoms. The smallest absolute Gasteiger partial charge is 0.193 e. The molecule has 0 radical (unpaired) electrons. The zero-order valence-electron chi connectivity index (χ0n) is 3.24. The van der Waals surface area contributed by atoms with Crippen molar-refractivity contribution in [3.63, 3.8) is 0 Å². The molecule has 0 aromatic rings. The number of hydrogen-bond donors (Lipinski definition) is 0. The topological polar surface area (TPSA) is 0 Å². The molecular weight excluding hydrogens is 106 g/mol. The molecule has 1 rings (SSSR count). The second kappa shape index (κ2) is 0.886. The number of rotatable bonds is 0. The van der Waals surface area contributed by atoms with Crippen LogP contribution in [-0.2, 0) is 0 Å². The van der Waals surface area contributed by atoms with E-state index in [4.69, 9.17) is 0 Å². The molecule has 0 nitrogen and oxygen atoms in total. The Labute approximate surface area is 38.9 Å². The highest BCUT2D eigenvalue weighted by Gasteiger charge is 2.55. The summed E-state index contributed by atoms with van der Waals surface area (Å²) in [6, 6.07) is 0. The molecule has 0 bridgehead atoms. The lowest BCUT2D eigenvalue weighted by Gasteiger charge is -1.78. The SMILES string of the molecule is CC1SC1(F)F. The fraction of sp³-hybridized carbons (Fsp3) is 1.00. The van der Waals surface area contributed by atoms with Gasteiger partial charge in [-0.05, 0) is 6.92 Å². The lowest BCUT2D eigenvalue weighted by Crippen LogP contribution is -1.91. The van der Waals surface area contributed by atoms with Gasteiger partial charge in [-0.15, -0.1) is 0 Å². The minimum absolute atomic E-state index is 0.419. The van der Waals surface area contributed by atoms with Crippen LogP contribution >= 0.6 is 11.8 Å². The third kappa shape index (κ3) is 0.511. The van der Waals surface area contributed by atoms with Crippen molar-refractivity contribution >= 4 is 11.8 Å². The summed E-state index contributed by atoms with van der Waals surface area (Å²) in [5.74, 6) is 0. The molecule has 0 aromatic carbocycles. The van der Waals surface area contributed by atoms with E-state index in [1.54, 1.807) is 0 Å². The molecule has 1 saturated heterocycles. The minimum Gasteiger partial charge on any atom is -0.193 e. The quantitative estimate of drug-likeness (QED) is 0.428. The summed E-state index contributed by atoms with van der Waals surface area (Å²) in [6.45, 7) is 1.52. The van der Waals surface area contributed by atoms with E-state index < -0.39 is 10.5 Å². The van der Waals surface area contributed by atoms with E-state index in [2.05, 4.69) is 0 Å². The number of hydrogen-bond acceptors (Lipinski definition) is 1. The van der Waals surface area contributed by atoms with Gasteiger partial charge < -0.3 is 0 Å². The first kappa shape index (κ1) is 4.37. The molecule has 1 atom stereocenters. The van der Waals surface area contributed by atoms with Gasteiger partial charge in [0.25, 0.3) is 0 Å². The molecule has 0 N–H and O–H groups in total. The molecule has 0 amide bonds. The van der Waals surface area contributed by atoms with Crippen LogP contribution in [0.15, 0.2) is 0 Å². The van der Waals surface area contributed by atoms with Gasteiger partial charge in [-0.3, -0.25) is 0 Å². The van der Waals surface area contributed by atoms with E-state index in [1.807, 2.05) is 0 Å². The molecule has 1 heterocycles. The first-order chi connectivity index (χ1) is 2.63. The highest BCUT2D eigenvalue weighted by atomic mass is 32.2. The Kier molecular flexibility index (Phi) is 0.645. The summed E-state index contributed by atoms with van der Waals surface area (Å²) in [6.07, 6.45) is 0. The molecule has 1 unspecified atom stereocenters. The molecule has 0 spiro atoms. The standard InChI is InChI=1S/C3H4F2S/c1-2-3(4,5)6-2/h2H,1H3. The third-order valence-electron chi connectivity index (χ3n) is 0.750. The van der Waals surface area contributed by atoms with Gasteiger partial charge in [0.15, 0.2) is 0 Å². The lowest BCUT2D eigenvalue weighted by molar-refractivity contribution is 0.148. The minimum atomic E-state index is -2.38. The van der Waals surface area contributed by atoms with Crippen molar-refractivity contribution in [2.24, 2.45) is 0 Å². The number of alkyl halides is 2. The Morgan fingerprint density at radius 2 is 1.83 bits per heavy atom. The van der Waals surface area contributed by atoms with Gasteiger partial charge in [0.05, 0.1) is 5.25 Å². The van der Waals surface area contributed by atoms with Crippen molar-refractivity contribution in [2.75, 3.05) is 0 Å². The van der Waals surface area contributed by atoms with Gasteiger partial charge in [0.1, 0.15) is 0 Å². The van der Waals surface area contributed by atoms with Gasteiger partial charge in [-0.2, -0.15) is 8.78 Å². The highest BCUT2D eigenvalue weighted by Crippen LogP contribution is 2.55. The lowest BCUT2D eigenvalue weighted by atomic mass is 10.5. The first-order valence-electron chi connectivity index (χ1n) is 1.68. The maximum atomic E-state index is 11.5. The number of thioether (sulfide) groups is 1. The van der Waals surface area contributed by atoms with E-state index in [-0.39, 0.29) is 0 Å². The average Bonchev–Trinajstić information content (AvgIpc) is 1.73. The molecule has 0 aromatic heterocycles.